The Morgan fingerprint density at radius 1 is 1.38 bits per heavy atom. The van der Waals surface area contributed by atoms with Crippen LogP contribution in [-0.4, -0.2) is 17.4 Å². The van der Waals surface area contributed by atoms with Crippen molar-refractivity contribution >= 4 is 17.2 Å². The van der Waals surface area contributed by atoms with E-state index in [1.54, 1.807) is 35.6 Å². The van der Waals surface area contributed by atoms with Gasteiger partial charge in [-0.05, 0) is 36.6 Å². The van der Waals surface area contributed by atoms with Crippen molar-refractivity contribution in [3.05, 3.63) is 64.4 Å². The van der Waals surface area contributed by atoms with E-state index in [1.807, 2.05) is 30.5 Å². The molecule has 0 spiro atoms. The highest BCUT2D eigenvalue weighted by Crippen LogP contribution is 2.25. The van der Waals surface area contributed by atoms with Gasteiger partial charge in [-0.25, -0.2) is 4.98 Å². The molecular formula is C18H15N3O2S. The number of nitrogens with one attached hydrogen (secondary N) is 1. The number of hydrogen-bond donors (Lipinski definition) is 1. The minimum Gasteiger partial charge on any atom is -0.440 e. The normalized spacial score (nSPS) is 10.3. The summed E-state index contributed by atoms with van der Waals surface area (Å²) in [4.78, 5) is 17.6. The summed E-state index contributed by atoms with van der Waals surface area (Å²) in [6.07, 6.45) is 0.588. The molecule has 0 unspecified atom stereocenters. The summed E-state index contributed by atoms with van der Waals surface area (Å²) in [5.74, 6) is 1.18. The summed E-state index contributed by atoms with van der Waals surface area (Å²) < 4.78 is 5.68. The zero-order valence-electron chi connectivity index (χ0n) is 13.1. The van der Waals surface area contributed by atoms with Crippen LogP contribution >= 0.6 is 11.3 Å². The van der Waals surface area contributed by atoms with Gasteiger partial charge in [0.25, 0.3) is 5.91 Å². The second-order valence-electron chi connectivity index (χ2n) is 5.20. The molecule has 1 amide bonds. The fourth-order valence-corrected chi connectivity index (χ4v) is 2.94. The van der Waals surface area contributed by atoms with Crippen molar-refractivity contribution in [3.8, 4) is 16.8 Å². The number of nitrogens with zero attached hydrogens (tertiary/aromatic N) is 2. The average Bonchev–Trinajstić information content (AvgIpc) is 3.25. The lowest BCUT2D eigenvalue weighted by Gasteiger charge is -2.04. The number of benzene rings is 1. The van der Waals surface area contributed by atoms with Gasteiger partial charge in [0.1, 0.15) is 5.76 Å². The van der Waals surface area contributed by atoms with E-state index >= 15 is 0 Å². The van der Waals surface area contributed by atoms with E-state index in [2.05, 4.69) is 10.3 Å². The van der Waals surface area contributed by atoms with Gasteiger partial charge in [-0.3, -0.25) is 4.79 Å². The standard InChI is InChI=1S/C18H15N3O2S/c1-12-15(21-18(23-12)16-6-3-9-24-16)7-8-20-17(22)14-5-2-4-13(10-14)11-19/h2-6,9-10H,7-8H2,1H3,(H,20,22). The predicted molar refractivity (Wildman–Crippen MR) is 91.7 cm³/mol. The second-order valence-corrected chi connectivity index (χ2v) is 6.15. The van der Waals surface area contributed by atoms with Crippen molar-refractivity contribution in [2.75, 3.05) is 6.54 Å². The van der Waals surface area contributed by atoms with Crippen LogP contribution in [0.2, 0.25) is 0 Å². The molecule has 3 rings (SSSR count). The van der Waals surface area contributed by atoms with Crippen molar-refractivity contribution in [1.82, 2.24) is 10.3 Å². The molecule has 24 heavy (non-hydrogen) atoms. The van der Waals surface area contributed by atoms with Crippen LogP contribution in [0.3, 0.4) is 0 Å². The summed E-state index contributed by atoms with van der Waals surface area (Å²) in [5.41, 5.74) is 1.78. The number of thiophene rings is 1. The molecule has 1 N–H and O–H groups in total. The van der Waals surface area contributed by atoms with Gasteiger partial charge in [-0.2, -0.15) is 5.26 Å². The maximum Gasteiger partial charge on any atom is 0.251 e. The highest BCUT2D eigenvalue weighted by atomic mass is 32.1. The molecule has 2 aromatic heterocycles. The van der Waals surface area contributed by atoms with E-state index in [1.165, 1.54) is 0 Å². The van der Waals surface area contributed by atoms with Crippen molar-refractivity contribution in [2.45, 2.75) is 13.3 Å². The van der Waals surface area contributed by atoms with Crippen LogP contribution in [0.5, 0.6) is 0 Å². The van der Waals surface area contributed by atoms with Crippen LogP contribution in [0.1, 0.15) is 27.4 Å². The molecule has 2 heterocycles. The van der Waals surface area contributed by atoms with Gasteiger partial charge in [-0.1, -0.05) is 12.1 Å². The van der Waals surface area contributed by atoms with Gasteiger partial charge in [0.2, 0.25) is 5.89 Å². The van der Waals surface area contributed by atoms with Gasteiger partial charge in [0, 0.05) is 18.5 Å². The third kappa shape index (κ3) is 3.53. The second kappa shape index (κ2) is 7.11. The van der Waals surface area contributed by atoms with Gasteiger partial charge in [0.05, 0.1) is 22.2 Å². The van der Waals surface area contributed by atoms with Crippen LogP contribution < -0.4 is 5.32 Å². The molecule has 120 valence electrons. The molecule has 0 saturated heterocycles. The molecule has 0 saturated carbocycles. The topological polar surface area (TPSA) is 78.9 Å². The Balaban J connectivity index is 1.60. The molecule has 1 aromatic carbocycles. The fourth-order valence-electron chi connectivity index (χ4n) is 2.29. The molecule has 0 radical (unpaired) electrons. The lowest BCUT2D eigenvalue weighted by molar-refractivity contribution is 0.0954. The number of rotatable bonds is 5. The Morgan fingerprint density at radius 2 is 2.25 bits per heavy atom. The van der Waals surface area contributed by atoms with E-state index in [0.717, 1.165) is 16.3 Å². The molecule has 0 bridgehead atoms. The van der Waals surface area contributed by atoms with Gasteiger partial charge in [-0.15, -0.1) is 11.3 Å². The lowest BCUT2D eigenvalue weighted by atomic mass is 10.1. The van der Waals surface area contributed by atoms with Crippen LogP contribution in [-0.2, 0) is 6.42 Å². The molecule has 6 heteroatoms. The minimum absolute atomic E-state index is 0.202. The number of nitriles is 1. The molecule has 3 aromatic rings. The van der Waals surface area contributed by atoms with Crippen LogP contribution in [0, 0.1) is 18.3 Å². The average molecular weight is 337 g/mol. The van der Waals surface area contributed by atoms with Gasteiger partial charge < -0.3 is 9.73 Å². The third-order valence-corrected chi connectivity index (χ3v) is 4.38. The van der Waals surface area contributed by atoms with Crippen molar-refractivity contribution in [1.29, 1.82) is 5.26 Å². The number of amides is 1. The first-order valence-corrected chi connectivity index (χ1v) is 8.34. The largest absolute Gasteiger partial charge is 0.440 e. The summed E-state index contributed by atoms with van der Waals surface area (Å²) in [5, 5.41) is 13.7. The maximum atomic E-state index is 12.1. The quantitative estimate of drug-likeness (QED) is 0.772. The monoisotopic (exact) mass is 337 g/mol. The molecular weight excluding hydrogens is 322 g/mol. The third-order valence-electron chi connectivity index (χ3n) is 3.53. The Kier molecular flexibility index (Phi) is 4.73. The Hall–Kier alpha value is -2.91. The number of aromatic nitrogens is 1. The highest BCUT2D eigenvalue weighted by molar-refractivity contribution is 7.13. The van der Waals surface area contributed by atoms with E-state index in [-0.39, 0.29) is 5.91 Å². The number of carbonyl (C=O) groups is 1. The first-order valence-electron chi connectivity index (χ1n) is 7.46. The molecule has 0 fully saturated rings. The highest BCUT2D eigenvalue weighted by Gasteiger charge is 2.12. The lowest BCUT2D eigenvalue weighted by Crippen LogP contribution is -2.25. The van der Waals surface area contributed by atoms with Crippen molar-refractivity contribution in [2.24, 2.45) is 0 Å². The smallest absolute Gasteiger partial charge is 0.251 e. The SMILES string of the molecule is Cc1oc(-c2cccs2)nc1CCNC(=O)c1cccc(C#N)c1. The zero-order valence-corrected chi connectivity index (χ0v) is 13.9. The van der Waals surface area contributed by atoms with E-state index < -0.39 is 0 Å². The predicted octanol–water partition coefficient (Wildman–Crippen LogP) is 3.56. The summed E-state index contributed by atoms with van der Waals surface area (Å²) in [7, 11) is 0. The molecule has 0 aliphatic heterocycles. The Bertz CT molecular complexity index is 891. The molecule has 0 aliphatic rings. The summed E-state index contributed by atoms with van der Waals surface area (Å²) >= 11 is 1.58. The maximum absolute atomic E-state index is 12.1. The van der Waals surface area contributed by atoms with Crippen LogP contribution in [0.15, 0.2) is 46.2 Å². The van der Waals surface area contributed by atoms with E-state index in [4.69, 9.17) is 9.68 Å². The van der Waals surface area contributed by atoms with E-state index in [9.17, 15) is 4.79 Å². The van der Waals surface area contributed by atoms with Crippen LogP contribution in [0.4, 0.5) is 0 Å². The zero-order chi connectivity index (χ0) is 16.9. The first kappa shape index (κ1) is 16.0. The van der Waals surface area contributed by atoms with Crippen molar-refractivity contribution < 1.29 is 9.21 Å². The molecule has 0 atom stereocenters. The van der Waals surface area contributed by atoms with Gasteiger partial charge >= 0.3 is 0 Å². The minimum atomic E-state index is -0.202. The fraction of sp³-hybridized carbons (Fsp3) is 0.167. The summed E-state index contributed by atoms with van der Waals surface area (Å²) in [6.45, 7) is 2.32. The number of carbonyl (C=O) groups excluding carboxylic acids is 1. The summed E-state index contributed by atoms with van der Waals surface area (Å²) in [6, 6.07) is 12.6. The molecule has 5 nitrogen and oxygen atoms in total. The number of aryl methyl sites for hydroxylation is 1. The van der Waals surface area contributed by atoms with Crippen LogP contribution in [0.25, 0.3) is 10.8 Å². The number of oxazole rings is 1. The van der Waals surface area contributed by atoms with E-state index in [0.29, 0.717) is 30.0 Å². The Labute approximate surface area is 143 Å². The molecule has 0 aliphatic carbocycles. The van der Waals surface area contributed by atoms with Gasteiger partial charge in [0.15, 0.2) is 0 Å². The number of hydrogen-bond acceptors (Lipinski definition) is 5. The Morgan fingerprint density at radius 3 is 3.00 bits per heavy atom. The van der Waals surface area contributed by atoms with Crippen molar-refractivity contribution in [3.63, 3.8) is 0 Å². The first-order chi connectivity index (χ1) is 11.7.